The summed E-state index contributed by atoms with van der Waals surface area (Å²) in [6.07, 6.45) is 3.75. The molecule has 0 heterocycles. The predicted octanol–water partition coefficient (Wildman–Crippen LogP) is 6.08. The summed E-state index contributed by atoms with van der Waals surface area (Å²) < 4.78 is 8.96. The van der Waals surface area contributed by atoms with Gasteiger partial charge in [0.2, 0.25) is 0 Å². The Balaban J connectivity index is 1.29. The minimum absolute atomic E-state index is 0.552. The summed E-state index contributed by atoms with van der Waals surface area (Å²) in [5.74, 6) is 0.604. The summed E-state index contributed by atoms with van der Waals surface area (Å²) in [7, 11) is 0. The zero-order valence-corrected chi connectivity index (χ0v) is 20.5. The van der Waals surface area contributed by atoms with Crippen molar-refractivity contribution < 1.29 is 9.53 Å². The highest BCUT2D eigenvalue weighted by molar-refractivity contribution is 7.80. The minimum atomic E-state index is -0.579. The molecule has 6 nitrogen and oxygen atoms in total. The standard InChI is InChI=1S/C26H28N4O2S2/c31-25(30-34)29-23-11-5-6-12-24(23)32-18-8-2-7-17-27-26(33)28-22-15-13-21(14-16-22)19-20-9-3-1-4-10-20/h1,3-6,9-16H,2,7-8,17-19H2,(H,29,31)(H2,27,28,33). The fraction of sp³-hybridized carbons (Fsp3) is 0.231. The summed E-state index contributed by atoms with van der Waals surface area (Å²) in [5, 5.41) is 9.69. The van der Waals surface area contributed by atoms with E-state index in [0.717, 1.165) is 37.9 Å². The molecule has 176 valence electrons. The number of para-hydroxylation sites is 2. The van der Waals surface area contributed by atoms with Crippen LogP contribution in [0.1, 0.15) is 30.4 Å². The highest BCUT2D eigenvalue weighted by atomic mass is 32.1. The van der Waals surface area contributed by atoms with Crippen molar-refractivity contribution in [2.75, 3.05) is 23.8 Å². The molecule has 0 aliphatic carbocycles. The van der Waals surface area contributed by atoms with Crippen LogP contribution in [0.3, 0.4) is 0 Å². The van der Waals surface area contributed by atoms with Gasteiger partial charge in [-0.3, -0.25) is 0 Å². The molecule has 0 bridgehead atoms. The fourth-order valence-corrected chi connectivity index (χ4v) is 3.60. The molecule has 0 aromatic heterocycles. The zero-order chi connectivity index (χ0) is 24.0. The first-order valence-electron chi connectivity index (χ1n) is 11.2. The van der Waals surface area contributed by atoms with Crippen LogP contribution in [0.5, 0.6) is 5.75 Å². The van der Waals surface area contributed by atoms with E-state index >= 15 is 0 Å². The maximum absolute atomic E-state index is 11.4. The summed E-state index contributed by atoms with van der Waals surface area (Å²) >= 11 is 9.80. The topological polar surface area (TPSA) is 74.8 Å². The monoisotopic (exact) mass is 492 g/mol. The second-order valence-corrected chi connectivity index (χ2v) is 8.26. The van der Waals surface area contributed by atoms with Crippen LogP contribution in [0.4, 0.5) is 16.2 Å². The third-order valence-electron chi connectivity index (χ3n) is 5.04. The average Bonchev–Trinajstić information content (AvgIpc) is 2.86. The summed E-state index contributed by atoms with van der Waals surface area (Å²) in [5.41, 5.74) is 4.09. The highest BCUT2D eigenvalue weighted by Crippen LogP contribution is 2.24. The second kappa shape index (κ2) is 14.0. The van der Waals surface area contributed by atoms with Gasteiger partial charge in [0, 0.05) is 24.7 Å². The van der Waals surface area contributed by atoms with E-state index in [0.29, 0.717) is 23.2 Å². The van der Waals surface area contributed by atoms with Crippen LogP contribution in [0.2, 0.25) is 0 Å². The number of anilines is 2. The van der Waals surface area contributed by atoms with Crippen molar-refractivity contribution in [2.24, 2.45) is 4.36 Å². The van der Waals surface area contributed by atoms with E-state index in [9.17, 15) is 4.79 Å². The number of hydrogen-bond donors (Lipinski definition) is 3. The Hall–Kier alpha value is -3.36. The van der Waals surface area contributed by atoms with E-state index in [1.807, 2.05) is 30.3 Å². The van der Waals surface area contributed by atoms with Gasteiger partial charge in [-0.2, -0.15) is 0 Å². The van der Waals surface area contributed by atoms with Gasteiger partial charge in [0.15, 0.2) is 5.11 Å². The average molecular weight is 493 g/mol. The lowest BCUT2D eigenvalue weighted by atomic mass is 10.1. The smallest absolute Gasteiger partial charge is 0.356 e. The summed E-state index contributed by atoms with van der Waals surface area (Å²) in [6.45, 7) is 1.33. The molecule has 0 saturated carbocycles. The molecule has 0 spiro atoms. The van der Waals surface area contributed by atoms with E-state index in [1.165, 1.54) is 11.1 Å². The van der Waals surface area contributed by atoms with Crippen molar-refractivity contribution in [2.45, 2.75) is 25.7 Å². The first-order valence-corrected chi connectivity index (χ1v) is 12.0. The van der Waals surface area contributed by atoms with E-state index in [4.69, 9.17) is 17.0 Å². The molecule has 0 atom stereocenters. The van der Waals surface area contributed by atoms with Gasteiger partial charge in [-0.25, -0.2) is 4.79 Å². The molecule has 2 amide bonds. The van der Waals surface area contributed by atoms with Gasteiger partial charge < -0.3 is 20.7 Å². The maximum Gasteiger partial charge on any atom is 0.356 e. The molecule has 8 heteroatoms. The Morgan fingerprint density at radius 1 is 0.824 bits per heavy atom. The number of ether oxygens (including phenoxy) is 1. The van der Waals surface area contributed by atoms with Crippen molar-refractivity contribution in [3.05, 3.63) is 90.0 Å². The lowest BCUT2D eigenvalue weighted by molar-refractivity contribution is 0.259. The Kier molecular flexibility index (Phi) is 10.4. The van der Waals surface area contributed by atoms with Crippen molar-refractivity contribution in [3.63, 3.8) is 0 Å². The molecule has 3 aromatic rings. The number of amides is 2. The van der Waals surface area contributed by atoms with Crippen molar-refractivity contribution in [3.8, 4) is 5.75 Å². The zero-order valence-electron chi connectivity index (χ0n) is 18.8. The number of carbonyl (C=O) groups is 1. The SMILES string of the molecule is O=C(N=S)Nc1ccccc1OCCCCCNC(=S)Nc1ccc(Cc2ccccc2)cc1. The van der Waals surface area contributed by atoms with Gasteiger partial charge in [0.05, 0.1) is 12.3 Å². The number of hydrogen-bond acceptors (Lipinski definition) is 4. The van der Waals surface area contributed by atoms with Crippen LogP contribution in [0, 0.1) is 0 Å². The van der Waals surface area contributed by atoms with Crippen molar-refractivity contribution in [1.29, 1.82) is 0 Å². The molecule has 0 saturated heterocycles. The lowest BCUT2D eigenvalue weighted by Crippen LogP contribution is -2.29. The maximum atomic E-state index is 11.4. The first-order chi connectivity index (χ1) is 16.6. The van der Waals surface area contributed by atoms with Gasteiger partial charge in [-0.05, 0) is 73.3 Å². The number of nitrogens with one attached hydrogen (secondary N) is 3. The van der Waals surface area contributed by atoms with E-state index in [2.05, 4.69) is 69.1 Å². The molecular weight excluding hydrogens is 464 g/mol. The van der Waals surface area contributed by atoms with Gasteiger partial charge >= 0.3 is 6.03 Å². The molecule has 3 rings (SSSR count). The molecule has 34 heavy (non-hydrogen) atoms. The van der Waals surface area contributed by atoms with Crippen LogP contribution in [-0.2, 0) is 18.8 Å². The van der Waals surface area contributed by atoms with Crippen LogP contribution in [0.25, 0.3) is 0 Å². The molecule has 0 radical (unpaired) electrons. The largest absolute Gasteiger partial charge is 0.491 e. The van der Waals surface area contributed by atoms with Crippen molar-refractivity contribution >= 4 is 47.2 Å². The number of benzene rings is 3. The van der Waals surface area contributed by atoms with Gasteiger partial charge in [-0.15, -0.1) is 4.36 Å². The van der Waals surface area contributed by atoms with Gasteiger partial charge in [0.1, 0.15) is 5.75 Å². The predicted molar refractivity (Wildman–Crippen MR) is 145 cm³/mol. The highest BCUT2D eigenvalue weighted by Gasteiger charge is 2.06. The quantitative estimate of drug-likeness (QED) is 0.223. The summed E-state index contributed by atoms with van der Waals surface area (Å²) in [6, 6.07) is 25.4. The number of nitrogens with zero attached hydrogens (tertiary/aromatic N) is 1. The Morgan fingerprint density at radius 2 is 1.53 bits per heavy atom. The second-order valence-electron chi connectivity index (χ2n) is 7.67. The number of unbranched alkanes of at least 4 members (excludes halogenated alkanes) is 2. The molecule has 3 aromatic carbocycles. The van der Waals surface area contributed by atoms with Crippen LogP contribution in [0.15, 0.2) is 83.2 Å². The number of thiocarbonyl (C=S) groups is 1. The van der Waals surface area contributed by atoms with E-state index < -0.39 is 6.03 Å². The third kappa shape index (κ3) is 8.88. The minimum Gasteiger partial charge on any atom is -0.491 e. The van der Waals surface area contributed by atoms with Crippen LogP contribution >= 0.6 is 12.2 Å². The van der Waals surface area contributed by atoms with Crippen LogP contribution in [-0.4, -0.2) is 24.3 Å². The summed E-state index contributed by atoms with van der Waals surface area (Å²) in [4.78, 5) is 11.4. The molecule has 0 aliphatic heterocycles. The first kappa shape index (κ1) is 25.3. The number of carbonyl (C=O) groups excluding carboxylic acids is 1. The van der Waals surface area contributed by atoms with Gasteiger partial charge in [0.25, 0.3) is 0 Å². The molecular formula is C26H28N4O2S2. The lowest BCUT2D eigenvalue weighted by Gasteiger charge is -2.12. The Bertz CT molecular complexity index is 1080. The third-order valence-corrected chi connectivity index (χ3v) is 5.45. The van der Waals surface area contributed by atoms with E-state index in [1.54, 1.807) is 12.1 Å². The van der Waals surface area contributed by atoms with E-state index in [-0.39, 0.29) is 0 Å². The van der Waals surface area contributed by atoms with Gasteiger partial charge in [-0.1, -0.05) is 54.6 Å². The number of rotatable bonds is 11. The van der Waals surface area contributed by atoms with Crippen LogP contribution < -0.4 is 20.7 Å². The van der Waals surface area contributed by atoms with Crippen molar-refractivity contribution in [1.82, 2.24) is 5.32 Å². The fourth-order valence-electron chi connectivity index (χ4n) is 3.33. The Morgan fingerprint density at radius 3 is 2.29 bits per heavy atom. The Labute approximate surface area is 211 Å². The molecule has 0 unspecified atom stereocenters. The normalized spacial score (nSPS) is 10.2. The molecule has 0 aliphatic rings. The molecule has 3 N–H and O–H groups in total. The molecule has 0 fully saturated rings. The number of urea groups is 1.